The van der Waals surface area contributed by atoms with Crippen molar-refractivity contribution in [3.63, 3.8) is 0 Å². The molecule has 0 radical (unpaired) electrons. The van der Waals surface area contributed by atoms with E-state index >= 15 is 0 Å². The zero-order chi connectivity index (χ0) is 20.1. The first-order chi connectivity index (χ1) is 13.5. The lowest BCUT2D eigenvalue weighted by atomic mass is 10.1. The number of hydrogen-bond acceptors (Lipinski definition) is 7. The molecule has 0 aliphatic carbocycles. The summed E-state index contributed by atoms with van der Waals surface area (Å²) in [6, 6.07) is 9.44. The largest absolute Gasteiger partial charge is 0.497 e. The number of benzene rings is 2. The molecular weight excluding hydrogens is 366 g/mol. The van der Waals surface area contributed by atoms with Gasteiger partial charge in [0.25, 0.3) is 11.6 Å². The van der Waals surface area contributed by atoms with Crippen LogP contribution in [0.2, 0.25) is 0 Å². The van der Waals surface area contributed by atoms with Gasteiger partial charge in [-0.25, -0.2) is 0 Å². The van der Waals surface area contributed by atoms with Crippen LogP contribution in [0, 0.1) is 10.1 Å². The molecule has 0 atom stereocenters. The molecular formula is C19H21N3O6. The highest BCUT2D eigenvalue weighted by Crippen LogP contribution is 2.32. The third-order valence-electron chi connectivity index (χ3n) is 4.44. The highest BCUT2D eigenvalue weighted by Gasteiger charge is 2.23. The number of nitrogens with one attached hydrogen (secondary N) is 1. The van der Waals surface area contributed by atoms with Crippen LogP contribution in [0.3, 0.4) is 0 Å². The maximum atomic E-state index is 12.7. The highest BCUT2D eigenvalue weighted by molar-refractivity contribution is 6.06. The van der Waals surface area contributed by atoms with Crippen molar-refractivity contribution in [1.29, 1.82) is 0 Å². The second-order valence-corrected chi connectivity index (χ2v) is 6.08. The van der Waals surface area contributed by atoms with Crippen LogP contribution in [0.4, 0.5) is 17.1 Å². The zero-order valence-electron chi connectivity index (χ0n) is 15.6. The Balaban J connectivity index is 1.88. The molecule has 0 bridgehead atoms. The van der Waals surface area contributed by atoms with Gasteiger partial charge in [0.05, 0.1) is 38.0 Å². The van der Waals surface area contributed by atoms with Crippen molar-refractivity contribution in [3.8, 4) is 11.5 Å². The van der Waals surface area contributed by atoms with Gasteiger partial charge in [-0.2, -0.15) is 0 Å². The van der Waals surface area contributed by atoms with Gasteiger partial charge in [0.15, 0.2) is 0 Å². The van der Waals surface area contributed by atoms with Crippen molar-refractivity contribution in [3.05, 3.63) is 52.1 Å². The number of nitro groups is 1. The summed E-state index contributed by atoms with van der Waals surface area (Å²) in [4.78, 5) is 25.6. The standard InChI is InChI=1S/C19H21N3O6/c1-26-14-4-6-18(27-2)15(12-14)20-19(23)13-3-5-16(17(11-13)22(24)25)21-7-9-28-10-8-21/h3-6,11-12H,7-10H2,1-2H3,(H,20,23). The molecule has 1 N–H and O–H groups in total. The van der Waals surface area contributed by atoms with Crippen molar-refractivity contribution < 1.29 is 23.9 Å². The number of hydrogen-bond donors (Lipinski definition) is 1. The SMILES string of the molecule is COc1ccc(OC)c(NC(=O)c2ccc(N3CCOCC3)c([N+](=O)[O-])c2)c1. The van der Waals surface area contributed by atoms with Crippen molar-refractivity contribution >= 4 is 23.0 Å². The van der Waals surface area contributed by atoms with Gasteiger partial charge in [0.2, 0.25) is 0 Å². The molecule has 3 rings (SSSR count). The van der Waals surface area contributed by atoms with Crippen LogP contribution in [0.25, 0.3) is 0 Å². The average molecular weight is 387 g/mol. The van der Waals surface area contributed by atoms with Crippen LogP contribution in [0.1, 0.15) is 10.4 Å². The molecule has 148 valence electrons. The third-order valence-corrected chi connectivity index (χ3v) is 4.44. The molecule has 0 saturated carbocycles. The second-order valence-electron chi connectivity index (χ2n) is 6.08. The van der Waals surface area contributed by atoms with E-state index in [1.807, 2.05) is 4.90 Å². The minimum atomic E-state index is -0.483. The van der Waals surface area contributed by atoms with Crippen molar-refractivity contribution in [2.24, 2.45) is 0 Å². The van der Waals surface area contributed by atoms with Gasteiger partial charge in [-0.1, -0.05) is 0 Å². The van der Waals surface area contributed by atoms with E-state index in [2.05, 4.69) is 5.32 Å². The quantitative estimate of drug-likeness (QED) is 0.600. The number of rotatable bonds is 6. The Morgan fingerprint density at radius 1 is 1.14 bits per heavy atom. The van der Waals surface area contributed by atoms with Crippen LogP contribution < -0.4 is 19.7 Å². The first-order valence-corrected chi connectivity index (χ1v) is 8.68. The van der Waals surface area contributed by atoms with Crippen LogP contribution in [-0.2, 0) is 4.74 Å². The fourth-order valence-corrected chi connectivity index (χ4v) is 2.99. The molecule has 1 amide bonds. The summed E-state index contributed by atoms with van der Waals surface area (Å²) in [7, 11) is 3.00. The summed E-state index contributed by atoms with van der Waals surface area (Å²) in [5, 5.41) is 14.3. The number of amides is 1. The van der Waals surface area contributed by atoms with E-state index in [1.165, 1.54) is 20.3 Å². The highest BCUT2D eigenvalue weighted by atomic mass is 16.6. The van der Waals surface area contributed by atoms with Crippen LogP contribution in [0.15, 0.2) is 36.4 Å². The van der Waals surface area contributed by atoms with E-state index in [1.54, 1.807) is 30.3 Å². The Hall–Kier alpha value is -3.33. The molecule has 1 saturated heterocycles. The smallest absolute Gasteiger partial charge is 0.293 e. The van der Waals surface area contributed by atoms with Gasteiger partial charge in [-0.3, -0.25) is 14.9 Å². The van der Waals surface area contributed by atoms with Gasteiger partial charge >= 0.3 is 0 Å². The molecule has 0 spiro atoms. The van der Waals surface area contributed by atoms with E-state index in [-0.39, 0.29) is 11.3 Å². The lowest BCUT2D eigenvalue weighted by molar-refractivity contribution is -0.384. The zero-order valence-corrected chi connectivity index (χ0v) is 15.6. The third kappa shape index (κ3) is 4.15. The summed E-state index contributed by atoms with van der Waals surface area (Å²) in [6.45, 7) is 2.14. The first-order valence-electron chi connectivity index (χ1n) is 8.68. The fourth-order valence-electron chi connectivity index (χ4n) is 2.99. The summed E-state index contributed by atoms with van der Waals surface area (Å²) in [6.07, 6.45) is 0. The number of methoxy groups -OCH3 is 2. The molecule has 28 heavy (non-hydrogen) atoms. The Kier molecular flexibility index (Phi) is 5.95. The lowest BCUT2D eigenvalue weighted by Gasteiger charge is -2.28. The molecule has 2 aromatic rings. The molecule has 2 aromatic carbocycles. The maximum Gasteiger partial charge on any atom is 0.293 e. The van der Waals surface area contributed by atoms with Gasteiger partial charge in [-0.05, 0) is 24.3 Å². The minimum absolute atomic E-state index is 0.118. The van der Waals surface area contributed by atoms with E-state index < -0.39 is 10.8 Å². The molecule has 1 heterocycles. The van der Waals surface area contributed by atoms with E-state index in [4.69, 9.17) is 14.2 Å². The van der Waals surface area contributed by atoms with E-state index in [0.29, 0.717) is 49.2 Å². The monoisotopic (exact) mass is 387 g/mol. The topological polar surface area (TPSA) is 103 Å². The maximum absolute atomic E-state index is 12.7. The predicted molar refractivity (Wildman–Crippen MR) is 104 cm³/mol. The Bertz CT molecular complexity index is 880. The van der Waals surface area contributed by atoms with E-state index in [0.717, 1.165) is 0 Å². The summed E-state index contributed by atoms with van der Waals surface area (Å²) in [5.41, 5.74) is 0.941. The normalized spacial score (nSPS) is 13.7. The average Bonchev–Trinajstić information content (AvgIpc) is 2.73. The van der Waals surface area contributed by atoms with Gasteiger partial charge in [-0.15, -0.1) is 0 Å². The Labute approximate surface area is 162 Å². The Morgan fingerprint density at radius 3 is 2.54 bits per heavy atom. The number of carbonyl (C=O) groups excluding carboxylic acids is 1. The van der Waals surface area contributed by atoms with Crippen LogP contribution in [0.5, 0.6) is 11.5 Å². The Morgan fingerprint density at radius 2 is 1.89 bits per heavy atom. The van der Waals surface area contributed by atoms with Crippen molar-refractivity contribution in [2.45, 2.75) is 0 Å². The molecule has 9 nitrogen and oxygen atoms in total. The lowest BCUT2D eigenvalue weighted by Crippen LogP contribution is -2.36. The van der Waals surface area contributed by atoms with Crippen molar-refractivity contribution in [2.75, 3.05) is 50.7 Å². The summed E-state index contributed by atoms with van der Waals surface area (Å²) < 4.78 is 15.7. The van der Waals surface area contributed by atoms with Crippen LogP contribution >= 0.6 is 0 Å². The fraction of sp³-hybridized carbons (Fsp3) is 0.316. The van der Waals surface area contributed by atoms with E-state index in [9.17, 15) is 14.9 Å². The summed E-state index contributed by atoms with van der Waals surface area (Å²) >= 11 is 0. The number of morpholine rings is 1. The molecule has 1 aliphatic heterocycles. The second kappa shape index (κ2) is 8.57. The van der Waals surface area contributed by atoms with Gasteiger partial charge < -0.3 is 24.4 Å². The number of carbonyl (C=O) groups is 1. The molecule has 1 aliphatic rings. The molecule has 0 unspecified atom stereocenters. The molecule has 1 fully saturated rings. The number of nitro benzene ring substituents is 1. The molecule has 0 aromatic heterocycles. The van der Waals surface area contributed by atoms with Crippen LogP contribution in [-0.4, -0.2) is 51.4 Å². The van der Waals surface area contributed by atoms with Crippen molar-refractivity contribution in [1.82, 2.24) is 0 Å². The van der Waals surface area contributed by atoms with Gasteiger partial charge in [0.1, 0.15) is 17.2 Å². The first kappa shape index (κ1) is 19.4. The summed E-state index contributed by atoms with van der Waals surface area (Å²) in [5.74, 6) is 0.515. The number of nitrogens with zero attached hydrogens (tertiary/aromatic N) is 2. The number of anilines is 2. The molecule has 9 heteroatoms. The van der Waals surface area contributed by atoms with Gasteiger partial charge in [0, 0.05) is 30.8 Å². The predicted octanol–water partition coefficient (Wildman–Crippen LogP) is 2.70. The number of ether oxygens (including phenoxy) is 3. The minimum Gasteiger partial charge on any atom is -0.497 e.